The first-order chi connectivity index (χ1) is 4.27. The fourth-order valence-corrected chi connectivity index (χ4v) is 1.26. The van der Waals surface area contributed by atoms with E-state index < -0.39 is 0 Å². The van der Waals surface area contributed by atoms with Crippen molar-refractivity contribution in [3.8, 4) is 0 Å². The van der Waals surface area contributed by atoms with Gasteiger partial charge in [-0.15, -0.1) is 0 Å². The van der Waals surface area contributed by atoms with Gasteiger partial charge in [-0.1, -0.05) is 6.92 Å². The molecule has 1 saturated heterocycles. The molecule has 2 heteroatoms. The summed E-state index contributed by atoms with van der Waals surface area (Å²) in [5, 5.41) is 0. The van der Waals surface area contributed by atoms with Crippen molar-refractivity contribution < 1.29 is 4.74 Å². The lowest BCUT2D eigenvalue weighted by Gasteiger charge is -2.38. The van der Waals surface area contributed by atoms with E-state index in [-0.39, 0.29) is 0 Å². The van der Waals surface area contributed by atoms with Crippen molar-refractivity contribution in [1.82, 2.24) is 0 Å². The summed E-state index contributed by atoms with van der Waals surface area (Å²) in [6.45, 7) is 4.20. The van der Waals surface area contributed by atoms with Crippen LogP contribution in [0.4, 0.5) is 0 Å². The highest BCUT2D eigenvalue weighted by atomic mass is 32.1. The van der Waals surface area contributed by atoms with Crippen LogP contribution in [0.1, 0.15) is 19.8 Å². The Morgan fingerprint density at radius 1 is 1.56 bits per heavy atom. The standard InChI is InChI=1S/C7H14OS/c1-7(3-2-4-9)5-8-6-7/h9H,2-6H2,1H3. The van der Waals surface area contributed by atoms with E-state index in [9.17, 15) is 0 Å². The minimum atomic E-state index is 0.503. The lowest BCUT2D eigenvalue weighted by molar-refractivity contribution is -0.105. The molecule has 1 heterocycles. The van der Waals surface area contributed by atoms with Crippen molar-refractivity contribution in [3.63, 3.8) is 0 Å². The third kappa shape index (κ3) is 1.87. The molecule has 54 valence electrons. The topological polar surface area (TPSA) is 9.23 Å². The van der Waals surface area contributed by atoms with Crippen LogP contribution in [0.25, 0.3) is 0 Å². The zero-order valence-electron chi connectivity index (χ0n) is 5.89. The van der Waals surface area contributed by atoms with Gasteiger partial charge in [-0.2, -0.15) is 12.6 Å². The zero-order chi connectivity index (χ0) is 6.74. The minimum absolute atomic E-state index is 0.503. The first-order valence-corrected chi connectivity index (χ1v) is 4.09. The smallest absolute Gasteiger partial charge is 0.0542 e. The fraction of sp³-hybridized carbons (Fsp3) is 1.00. The highest BCUT2D eigenvalue weighted by Gasteiger charge is 2.31. The Morgan fingerprint density at radius 3 is 2.56 bits per heavy atom. The predicted octanol–water partition coefficient (Wildman–Crippen LogP) is 1.73. The summed E-state index contributed by atoms with van der Waals surface area (Å²) in [7, 11) is 0. The molecule has 0 aromatic carbocycles. The van der Waals surface area contributed by atoms with E-state index in [1.165, 1.54) is 12.8 Å². The molecule has 1 fully saturated rings. The largest absolute Gasteiger partial charge is 0.380 e. The Bertz CT molecular complexity index is 88.9. The highest BCUT2D eigenvalue weighted by molar-refractivity contribution is 7.80. The van der Waals surface area contributed by atoms with Gasteiger partial charge >= 0.3 is 0 Å². The quantitative estimate of drug-likeness (QED) is 0.597. The van der Waals surface area contributed by atoms with Crippen LogP contribution in [-0.4, -0.2) is 19.0 Å². The molecule has 1 nitrogen and oxygen atoms in total. The second-order valence-electron chi connectivity index (χ2n) is 3.13. The van der Waals surface area contributed by atoms with Crippen molar-refractivity contribution in [1.29, 1.82) is 0 Å². The Labute approximate surface area is 62.2 Å². The van der Waals surface area contributed by atoms with Crippen LogP contribution in [0, 0.1) is 5.41 Å². The summed E-state index contributed by atoms with van der Waals surface area (Å²) in [5.74, 6) is 1.01. The van der Waals surface area contributed by atoms with Crippen LogP contribution >= 0.6 is 12.6 Å². The molecule has 0 radical (unpaired) electrons. The van der Waals surface area contributed by atoms with Crippen LogP contribution in [0.15, 0.2) is 0 Å². The van der Waals surface area contributed by atoms with Gasteiger partial charge in [-0.05, 0) is 18.6 Å². The Balaban J connectivity index is 2.09. The average molecular weight is 146 g/mol. The van der Waals surface area contributed by atoms with Crippen molar-refractivity contribution in [2.45, 2.75) is 19.8 Å². The summed E-state index contributed by atoms with van der Waals surface area (Å²) in [6.07, 6.45) is 2.50. The van der Waals surface area contributed by atoms with Crippen LogP contribution in [0.2, 0.25) is 0 Å². The summed E-state index contributed by atoms with van der Waals surface area (Å²) in [4.78, 5) is 0. The molecule has 0 amide bonds. The van der Waals surface area contributed by atoms with E-state index in [1.807, 2.05) is 0 Å². The van der Waals surface area contributed by atoms with Gasteiger partial charge in [0.05, 0.1) is 13.2 Å². The molecule has 0 aromatic rings. The molecule has 0 unspecified atom stereocenters. The van der Waals surface area contributed by atoms with Crippen molar-refractivity contribution in [2.75, 3.05) is 19.0 Å². The van der Waals surface area contributed by atoms with Gasteiger partial charge in [0.25, 0.3) is 0 Å². The van der Waals surface area contributed by atoms with E-state index in [0.717, 1.165) is 19.0 Å². The second kappa shape index (κ2) is 2.93. The van der Waals surface area contributed by atoms with E-state index in [2.05, 4.69) is 19.6 Å². The van der Waals surface area contributed by atoms with Gasteiger partial charge in [-0.3, -0.25) is 0 Å². The SMILES string of the molecule is CC1(CCCS)COC1. The van der Waals surface area contributed by atoms with E-state index in [4.69, 9.17) is 4.74 Å². The summed E-state index contributed by atoms with van der Waals surface area (Å²) >= 11 is 4.15. The van der Waals surface area contributed by atoms with E-state index >= 15 is 0 Å². The first kappa shape index (κ1) is 7.42. The van der Waals surface area contributed by atoms with Crippen molar-refractivity contribution in [2.24, 2.45) is 5.41 Å². The molecule has 0 N–H and O–H groups in total. The summed E-state index contributed by atoms with van der Waals surface area (Å²) in [6, 6.07) is 0. The normalized spacial score (nSPS) is 23.3. The van der Waals surface area contributed by atoms with Crippen LogP contribution < -0.4 is 0 Å². The van der Waals surface area contributed by atoms with Crippen molar-refractivity contribution in [3.05, 3.63) is 0 Å². The molecule has 0 saturated carbocycles. The van der Waals surface area contributed by atoms with Crippen LogP contribution in [0.3, 0.4) is 0 Å². The van der Waals surface area contributed by atoms with E-state index in [0.29, 0.717) is 5.41 Å². The highest BCUT2D eigenvalue weighted by Crippen LogP contribution is 2.31. The first-order valence-electron chi connectivity index (χ1n) is 3.45. The zero-order valence-corrected chi connectivity index (χ0v) is 6.79. The molecular weight excluding hydrogens is 132 g/mol. The molecule has 1 aliphatic rings. The van der Waals surface area contributed by atoms with Crippen molar-refractivity contribution >= 4 is 12.6 Å². The van der Waals surface area contributed by atoms with Gasteiger partial charge in [0.1, 0.15) is 0 Å². The van der Waals surface area contributed by atoms with Gasteiger partial charge in [-0.25, -0.2) is 0 Å². The molecule has 1 rings (SSSR count). The lowest BCUT2D eigenvalue weighted by atomic mass is 9.84. The molecular formula is C7H14OS. The van der Waals surface area contributed by atoms with Gasteiger partial charge < -0.3 is 4.74 Å². The maximum atomic E-state index is 5.11. The Hall–Kier alpha value is 0.310. The lowest BCUT2D eigenvalue weighted by Crippen LogP contribution is -2.39. The summed E-state index contributed by atoms with van der Waals surface area (Å²) < 4.78 is 5.11. The minimum Gasteiger partial charge on any atom is -0.380 e. The van der Waals surface area contributed by atoms with Crippen LogP contribution in [-0.2, 0) is 4.74 Å². The monoisotopic (exact) mass is 146 g/mol. The molecule has 0 atom stereocenters. The number of thiol groups is 1. The third-order valence-corrected chi connectivity index (χ3v) is 2.16. The van der Waals surface area contributed by atoms with Crippen LogP contribution in [0.5, 0.6) is 0 Å². The number of hydrogen-bond acceptors (Lipinski definition) is 2. The van der Waals surface area contributed by atoms with Gasteiger partial charge in [0, 0.05) is 5.41 Å². The second-order valence-corrected chi connectivity index (χ2v) is 3.58. The predicted molar refractivity (Wildman–Crippen MR) is 42.0 cm³/mol. The average Bonchev–Trinajstić information content (AvgIpc) is 1.79. The third-order valence-electron chi connectivity index (χ3n) is 1.84. The molecule has 0 bridgehead atoms. The molecule has 0 spiro atoms. The fourth-order valence-electron chi connectivity index (χ4n) is 1.10. The summed E-state index contributed by atoms with van der Waals surface area (Å²) in [5.41, 5.74) is 0.503. The molecule has 1 aliphatic heterocycles. The molecule has 0 aliphatic carbocycles. The number of rotatable bonds is 3. The van der Waals surface area contributed by atoms with Gasteiger partial charge in [0.15, 0.2) is 0 Å². The Morgan fingerprint density at radius 2 is 2.22 bits per heavy atom. The van der Waals surface area contributed by atoms with E-state index in [1.54, 1.807) is 0 Å². The number of ether oxygens (including phenoxy) is 1. The maximum Gasteiger partial charge on any atom is 0.0542 e. The molecule has 0 aromatic heterocycles. The maximum absolute atomic E-state index is 5.11. The Kier molecular flexibility index (Phi) is 2.42. The number of hydrogen-bond donors (Lipinski definition) is 1. The molecule has 9 heavy (non-hydrogen) atoms. The van der Waals surface area contributed by atoms with Gasteiger partial charge in [0.2, 0.25) is 0 Å².